The van der Waals surface area contributed by atoms with Crippen molar-refractivity contribution in [3.63, 3.8) is 0 Å². The van der Waals surface area contributed by atoms with Gasteiger partial charge in [-0.05, 0) is 43.3 Å². The number of benzene rings is 2. The molecule has 1 aliphatic heterocycles. The lowest BCUT2D eigenvalue weighted by molar-refractivity contribution is -0.133. The van der Waals surface area contributed by atoms with E-state index in [2.05, 4.69) is 4.99 Å². The molecule has 0 spiro atoms. The first-order valence-electron chi connectivity index (χ1n) is 7.62. The fourth-order valence-corrected chi connectivity index (χ4v) is 2.73. The quantitative estimate of drug-likeness (QED) is 0.927. The molecule has 3 rings (SSSR count). The predicted octanol–water partition coefficient (Wildman–Crippen LogP) is 3.10. The molecular formula is C18H17ClN2O3. The van der Waals surface area contributed by atoms with Crippen molar-refractivity contribution in [2.24, 2.45) is 4.99 Å². The Hall–Kier alpha value is -2.53. The Kier molecular flexibility index (Phi) is 4.71. The van der Waals surface area contributed by atoms with Gasteiger partial charge in [-0.1, -0.05) is 23.7 Å². The van der Waals surface area contributed by atoms with Crippen molar-refractivity contribution in [1.29, 1.82) is 0 Å². The number of hydrogen-bond acceptors (Lipinski definition) is 4. The number of hydrogen-bond donors (Lipinski definition) is 1. The van der Waals surface area contributed by atoms with Crippen molar-refractivity contribution in [2.45, 2.75) is 13.0 Å². The summed E-state index contributed by atoms with van der Waals surface area (Å²) in [4.78, 5) is 18.8. The van der Waals surface area contributed by atoms with Crippen LogP contribution in [0.15, 0.2) is 53.5 Å². The fourth-order valence-electron chi connectivity index (χ4n) is 2.54. The highest BCUT2D eigenvalue weighted by molar-refractivity contribution is 6.31. The van der Waals surface area contributed by atoms with Crippen molar-refractivity contribution in [2.75, 3.05) is 13.1 Å². The highest BCUT2D eigenvalue weighted by Gasteiger charge is 2.29. The van der Waals surface area contributed by atoms with Crippen LogP contribution >= 0.6 is 11.6 Å². The van der Waals surface area contributed by atoms with Gasteiger partial charge in [-0.15, -0.1) is 0 Å². The summed E-state index contributed by atoms with van der Waals surface area (Å²) in [5.74, 6) is 1.12. The zero-order chi connectivity index (χ0) is 17.1. The van der Waals surface area contributed by atoms with Gasteiger partial charge in [0.1, 0.15) is 17.3 Å². The monoisotopic (exact) mass is 344 g/mol. The lowest BCUT2D eigenvalue weighted by Crippen LogP contribution is -2.42. The Morgan fingerprint density at radius 3 is 2.75 bits per heavy atom. The molecule has 0 aliphatic carbocycles. The van der Waals surface area contributed by atoms with Gasteiger partial charge < -0.3 is 9.84 Å². The van der Waals surface area contributed by atoms with Crippen molar-refractivity contribution in [3.8, 4) is 11.5 Å². The number of amides is 1. The van der Waals surface area contributed by atoms with Gasteiger partial charge in [0.05, 0.1) is 6.54 Å². The first-order valence-corrected chi connectivity index (χ1v) is 8.00. The highest BCUT2D eigenvalue weighted by Crippen LogP contribution is 2.20. The second-order valence-corrected chi connectivity index (χ2v) is 5.90. The largest absolute Gasteiger partial charge is 0.508 e. The molecule has 0 fully saturated rings. The van der Waals surface area contributed by atoms with Crippen LogP contribution in [0.25, 0.3) is 0 Å². The van der Waals surface area contributed by atoms with E-state index >= 15 is 0 Å². The molecular weight excluding hydrogens is 328 g/mol. The Balaban J connectivity index is 1.74. The predicted molar refractivity (Wildman–Crippen MR) is 92.8 cm³/mol. The maximum absolute atomic E-state index is 12.7. The second-order valence-electron chi connectivity index (χ2n) is 5.46. The van der Waals surface area contributed by atoms with Gasteiger partial charge in [0.15, 0.2) is 6.10 Å². The maximum atomic E-state index is 12.7. The van der Waals surface area contributed by atoms with E-state index in [1.807, 2.05) is 12.1 Å². The van der Waals surface area contributed by atoms with Crippen LogP contribution in [0.1, 0.15) is 12.5 Å². The molecule has 1 unspecified atom stereocenters. The average molecular weight is 345 g/mol. The van der Waals surface area contributed by atoms with Gasteiger partial charge in [0, 0.05) is 17.1 Å². The number of aromatic hydroxyl groups is 1. The molecule has 1 aliphatic rings. The minimum Gasteiger partial charge on any atom is -0.508 e. The highest BCUT2D eigenvalue weighted by atomic mass is 35.5. The molecule has 0 radical (unpaired) electrons. The summed E-state index contributed by atoms with van der Waals surface area (Å²) in [6.45, 7) is 2.77. The Morgan fingerprint density at radius 2 is 2.04 bits per heavy atom. The van der Waals surface area contributed by atoms with Gasteiger partial charge >= 0.3 is 0 Å². The van der Waals surface area contributed by atoms with E-state index < -0.39 is 6.10 Å². The maximum Gasteiger partial charge on any atom is 0.268 e. The minimum absolute atomic E-state index is 0.149. The smallest absolute Gasteiger partial charge is 0.268 e. The summed E-state index contributed by atoms with van der Waals surface area (Å²) in [6, 6.07) is 13.5. The van der Waals surface area contributed by atoms with Crippen LogP contribution in [-0.2, 0) is 4.79 Å². The average Bonchev–Trinajstić information content (AvgIpc) is 3.06. The number of aliphatic imine (C=N–C) groups is 1. The molecule has 0 saturated heterocycles. The number of nitrogens with zero attached hydrogens (tertiary/aromatic N) is 2. The molecule has 124 valence electrons. The molecule has 24 heavy (non-hydrogen) atoms. The van der Waals surface area contributed by atoms with Crippen LogP contribution in [0.4, 0.5) is 0 Å². The Bertz CT molecular complexity index is 774. The van der Waals surface area contributed by atoms with Crippen molar-refractivity contribution < 1.29 is 14.6 Å². The third kappa shape index (κ3) is 3.51. The van der Waals surface area contributed by atoms with Crippen molar-refractivity contribution >= 4 is 23.3 Å². The van der Waals surface area contributed by atoms with Gasteiger partial charge in [-0.3, -0.25) is 14.7 Å². The van der Waals surface area contributed by atoms with Crippen LogP contribution in [-0.4, -0.2) is 40.9 Å². The van der Waals surface area contributed by atoms with Crippen LogP contribution in [0.3, 0.4) is 0 Å². The molecule has 2 aromatic carbocycles. The van der Waals surface area contributed by atoms with Gasteiger partial charge in [0.2, 0.25) is 0 Å². The van der Waals surface area contributed by atoms with Crippen LogP contribution in [0.2, 0.25) is 5.02 Å². The third-order valence-electron chi connectivity index (χ3n) is 3.69. The van der Waals surface area contributed by atoms with E-state index in [-0.39, 0.29) is 11.7 Å². The zero-order valence-electron chi connectivity index (χ0n) is 13.1. The molecule has 2 aromatic rings. The number of phenolic OH excluding ortho intramolecular Hbond substituents is 1. The number of amidine groups is 1. The number of carbonyl (C=O) groups excluding carboxylic acids is 1. The minimum atomic E-state index is -0.669. The van der Waals surface area contributed by atoms with Gasteiger partial charge in [-0.25, -0.2) is 0 Å². The van der Waals surface area contributed by atoms with E-state index in [0.717, 1.165) is 5.56 Å². The number of rotatable bonds is 4. The SMILES string of the molecule is CC(Oc1ccc(O)cc1)C(=O)N1CCN=C1c1cccc(Cl)c1. The first kappa shape index (κ1) is 16.3. The first-order chi connectivity index (χ1) is 11.5. The summed E-state index contributed by atoms with van der Waals surface area (Å²) in [7, 11) is 0. The van der Waals surface area contributed by atoms with Crippen molar-refractivity contribution in [3.05, 3.63) is 59.1 Å². The van der Waals surface area contributed by atoms with Crippen LogP contribution in [0, 0.1) is 0 Å². The van der Waals surface area contributed by atoms with E-state index in [0.29, 0.717) is 29.7 Å². The Morgan fingerprint density at radius 1 is 1.29 bits per heavy atom. The molecule has 6 heteroatoms. The summed E-state index contributed by atoms with van der Waals surface area (Å²) < 4.78 is 5.67. The van der Waals surface area contributed by atoms with E-state index in [4.69, 9.17) is 16.3 Å². The lowest BCUT2D eigenvalue weighted by atomic mass is 10.2. The van der Waals surface area contributed by atoms with E-state index in [9.17, 15) is 9.90 Å². The molecule has 1 heterocycles. The summed E-state index contributed by atoms with van der Waals surface area (Å²) >= 11 is 6.03. The molecule has 5 nitrogen and oxygen atoms in total. The Labute approximate surface area is 145 Å². The number of phenols is 1. The topological polar surface area (TPSA) is 62.1 Å². The van der Waals surface area contributed by atoms with Gasteiger partial charge in [-0.2, -0.15) is 0 Å². The van der Waals surface area contributed by atoms with Gasteiger partial charge in [0.25, 0.3) is 5.91 Å². The lowest BCUT2D eigenvalue weighted by Gasteiger charge is -2.23. The third-order valence-corrected chi connectivity index (χ3v) is 3.92. The summed E-state index contributed by atoms with van der Waals surface area (Å²) in [5.41, 5.74) is 0.810. The van der Waals surface area contributed by atoms with Crippen LogP contribution < -0.4 is 4.74 Å². The van der Waals surface area contributed by atoms with Crippen LogP contribution in [0.5, 0.6) is 11.5 Å². The number of halogens is 1. The normalized spacial score (nSPS) is 15.1. The molecule has 0 aromatic heterocycles. The second kappa shape index (κ2) is 6.93. The number of ether oxygens (including phenoxy) is 1. The summed E-state index contributed by atoms with van der Waals surface area (Å²) in [5, 5.41) is 9.90. The summed E-state index contributed by atoms with van der Waals surface area (Å²) in [6.07, 6.45) is -0.669. The fraction of sp³-hybridized carbons (Fsp3) is 0.222. The standard InChI is InChI=1S/C18H17ClN2O3/c1-12(24-16-7-5-15(22)6-8-16)18(23)21-10-9-20-17(21)13-3-2-4-14(19)11-13/h2-8,11-12,22H,9-10H2,1H3. The van der Waals surface area contributed by atoms with Crippen molar-refractivity contribution in [1.82, 2.24) is 4.90 Å². The molecule has 1 atom stereocenters. The molecule has 0 saturated carbocycles. The zero-order valence-corrected chi connectivity index (χ0v) is 13.9. The molecule has 0 bridgehead atoms. The van der Waals surface area contributed by atoms with E-state index in [1.165, 1.54) is 12.1 Å². The molecule has 1 amide bonds. The number of carbonyl (C=O) groups is 1. The molecule has 1 N–H and O–H groups in total. The van der Waals surface area contributed by atoms with E-state index in [1.54, 1.807) is 36.1 Å².